The quantitative estimate of drug-likeness (QED) is 0.934. The molecule has 4 heteroatoms. The zero-order valence-electron chi connectivity index (χ0n) is 12.8. The van der Waals surface area contributed by atoms with Crippen LogP contribution >= 0.6 is 0 Å². The van der Waals surface area contributed by atoms with Gasteiger partial charge in [0.25, 0.3) is 0 Å². The van der Waals surface area contributed by atoms with Gasteiger partial charge in [-0.15, -0.1) is 0 Å². The average molecular weight is 282 g/mol. The van der Waals surface area contributed by atoms with Crippen LogP contribution in [0.25, 0.3) is 0 Å². The third kappa shape index (κ3) is 3.51. The first-order chi connectivity index (χ1) is 10.2. The van der Waals surface area contributed by atoms with Crippen molar-refractivity contribution in [2.45, 2.75) is 33.2 Å². The second-order valence-corrected chi connectivity index (χ2v) is 5.73. The second kappa shape index (κ2) is 6.12. The Kier molecular flexibility index (Phi) is 4.04. The Morgan fingerprint density at radius 2 is 1.76 bits per heavy atom. The van der Waals surface area contributed by atoms with Crippen LogP contribution in [0.3, 0.4) is 0 Å². The molecule has 21 heavy (non-hydrogen) atoms. The average Bonchev–Trinajstić information content (AvgIpc) is 3.00. The van der Waals surface area contributed by atoms with Crippen molar-refractivity contribution in [1.29, 1.82) is 0 Å². The largest absolute Gasteiger partial charge is 0.366 e. The highest BCUT2D eigenvalue weighted by Crippen LogP contribution is 2.19. The fourth-order valence-corrected chi connectivity index (χ4v) is 2.60. The van der Waals surface area contributed by atoms with E-state index in [2.05, 4.69) is 51.4 Å². The van der Waals surface area contributed by atoms with Crippen molar-refractivity contribution < 1.29 is 0 Å². The summed E-state index contributed by atoms with van der Waals surface area (Å²) in [5.74, 6) is 1.77. The van der Waals surface area contributed by atoms with Gasteiger partial charge >= 0.3 is 0 Å². The van der Waals surface area contributed by atoms with Gasteiger partial charge in [-0.2, -0.15) is 4.98 Å². The molecular formula is C17H22N4. The molecule has 3 rings (SSSR count). The number of anilines is 2. The van der Waals surface area contributed by atoms with E-state index in [1.807, 2.05) is 13.0 Å². The molecule has 1 N–H and O–H groups in total. The maximum atomic E-state index is 4.65. The highest BCUT2D eigenvalue weighted by molar-refractivity contribution is 5.44. The van der Waals surface area contributed by atoms with E-state index in [0.717, 1.165) is 37.1 Å². The van der Waals surface area contributed by atoms with Gasteiger partial charge in [0.05, 0.1) is 0 Å². The minimum atomic E-state index is 0.788. The number of nitrogens with zero attached hydrogens (tertiary/aromatic N) is 3. The standard InChI is InChI=1S/C17H22N4/c1-13-5-7-15(8-6-13)12-18-16-11-14(2)19-17(20-16)21-9-3-4-10-21/h5-8,11H,3-4,9-10,12H2,1-2H3,(H,18,19,20). The van der Waals surface area contributed by atoms with Crippen molar-refractivity contribution in [3.63, 3.8) is 0 Å². The minimum absolute atomic E-state index is 0.788. The molecule has 1 aliphatic rings. The van der Waals surface area contributed by atoms with Crippen molar-refractivity contribution in [2.24, 2.45) is 0 Å². The molecule has 1 aliphatic heterocycles. The number of rotatable bonds is 4. The molecule has 0 radical (unpaired) electrons. The van der Waals surface area contributed by atoms with Crippen LogP contribution in [0, 0.1) is 13.8 Å². The molecule has 0 atom stereocenters. The van der Waals surface area contributed by atoms with Gasteiger partial charge in [0.1, 0.15) is 5.82 Å². The van der Waals surface area contributed by atoms with Gasteiger partial charge in [-0.25, -0.2) is 4.98 Å². The molecule has 0 amide bonds. The summed E-state index contributed by atoms with van der Waals surface area (Å²) in [7, 11) is 0. The minimum Gasteiger partial charge on any atom is -0.366 e. The summed E-state index contributed by atoms with van der Waals surface area (Å²) in [5.41, 5.74) is 3.56. The van der Waals surface area contributed by atoms with Gasteiger partial charge in [0, 0.05) is 31.4 Å². The molecule has 1 fully saturated rings. The van der Waals surface area contributed by atoms with Crippen LogP contribution in [0.1, 0.15) is 29.7 Å². The lowest BCUT2D eigenvalue weighted by atomic mass is 10.1. The van der Waals surface area contributed by atoms with Crippen LogP contribution in [-0.2, 0) is 6.54 Å². The maximum Gasteiger partial charge on any atom is 0.227 e. The Bertz CT molecular complexity index is 601. The van der Waals surface area contributed by atoms with Crippen LogP contribution in [0.4, 0.5) is 11.8 Å². The molecule has 0 spiro atoms. The Balaban J connectivity index is 1.71. The van der Waals surface area contributed by atoms with E-state index in [0.29, 0.717) is 0 Å². The van der Waals surface area contributed by atoms with Crippen LogP contribution < -0.4 is 10.2 Å². The molecule has 1 aromatic carbocycles. The monoisotopic (exact) mass is 282 g/mol. The van der Waals surface area contributed by atoms with E-state index in [1.165, 1.54) is 24.0 Å². The van der Waals surface area contributed by atoms with Crippen LogP contribution in [-0.4, -0.2) is 23.1 Å². The molecule has 1 saturated heterocycles. The third-order valence-electron chi connectivity index (χ3n) is 3.83. The lowest BCUT2D eigenvalue weighted by molar-refractivity contribution is 0.887. The van der Waals surface area contributed by atoms with Gasteiger partial charge in [0.15, 0.2) is 0 Å². The molecule has 110 valence electrons. The summed E-state index contributed by atoms with van der Waals surface area (Å²) in [6.07, 6.45) is 2.48. The van der Waals surface area contributed by atoms with E-state index in [1.54, 1.807) is 0 Å². The van der Waals surface area contributed by atoms with Crippen molar-refractivity contribution in [2.75, 3.05) is 23.3 Å². The number of hydrogen-bond donors (Lipinski definition) is 1. The van der Waals surface area contributed by atoms with Crippen molar-refractivity contribution in [3.8, 4) is 0 Å². The number of aryl methyl sites for hydroxylation is 2. The Labute approximate surface area is 126 Å². The third-order valence-corrected chi connectivity index (χ3v) is 3.83. The number of hydrogen-bond acceptors (Lipinski definition) is 4. The highest BCUT2D eigenvalue weighted by Gasteiger charge is 2.15. The van der Waals surface area contributed by atoms with Crippen LogP contribution in [0.2, 0.25) is 0 Å². The number of benzene rings is 1. The lowest BCUT2D eigenvalue weighted by Crippen LogP contribution is -2.21. The molecular weight excluding hydrogens is 260 g/mol. The van der Waals surface area contributed by atoms with Gasteiger partial charge in [-0.3, -0.25) is 0 Å². The molecule has 2 heterocycles. The zero-order valence-corrected chi connectivity index (χ0v) is 12.8. The SMILES string of the molecule is Cc1ccc(CNc2cc(C)nc(N3CCCC3)n2)cc1. The van der Waals surface area contributed by atoms with Crippen LogP contribution in [0.15, 0.2) is 30.3 Å². The topological polar surface area (TPSA) is 41.1 Å². The Morgan fingerprint density at radius 1 is 1.05 bits per heavy atom. The molecule has 0 aliphatic carbocycles. The molecule has 1 aromatic heterocycles. The maximum absolute atomic E-state index is 4.65. The van der Waals surface area contributed by atoms with E-state index in [9.17, 15) is 0 Å². The molecule has 0 unspecified atom stereocenters. The van der Waals surface area contributed by atoms with Crippen molar-refractivity contribution >= 4 is 11.8 Å². The summed E-state index contributed by atoms with van der Waals surface area (Å²) in [6, 6.07) is 10.6. The summed E-state index contributed by atoms with van der Waals surface area (Å²) >= 11 is 0. The van der Waals surface area contributed by atoms with E-state index in [4.69, 9.17) is 0 Å². The van der Waals surface area contributed by atoms with Gasteiger partial charge < -0.3 is 10.2 Å². The fourth-order valence-electron chi connectivity index (χ4n) is 2.60. The van der Waals surface area contributed by atoms with E-state index < -0.39 is 0 Å². The first-order valence-electron chi connectivity index (χ1n) is 7.61. The van der Waals surface area contributed by atoms with Crippen molar-refractivity contribution in [1.82, 2.24) is 9.97 Å². The second-order valence-electron chi connectivity index (χ2n) is 5.73. The first kappa shape index (κ1) is 13.9. The first-order valence-corrected chi connectivity index (χ1v) is 7.61. The highest BCUT2D eigenvalue weighted by atomic mass is 15.3. The smallest absolute Gasteiger partial charge is 0.227 e. The number of aromatic nitrogens is 2. The van der Waals surface area contributed by atoms with Gasteiger partial charge in [-0.05, 0) is 32.3 Å². The Morgan fingerprint density at radius 3 is 2.48 bits per heavy atom. The predicted octanol–water partition coefficient (Wildman–Crippen LogP) is 3.31. The van der Waals surface area contributed by atoms with Gasteiger partial charge in [0.2, 0.25) is 5.95 Å². The summed E-state index contributed by atoms with van der Waals surface area (Å²) in [4.78, 5) is 11.5. The lowest BCUT2D eigenvalue weighted by Gasteiger charge is -2.17. The Hall–Kier alpha value is -2.10. The normalized spacial score (nSPS) is 14.5. The summed E-state index contributed by atoms with van der Waals surface area (Å²) in [6.45, 7) is 7.06. The summed E-state index contributed by atoms with van der Waals surface area (Å²) < 4.78 is 0. The van der Waals surface area contributed by atoms with Gasteiger partial charge in [-0.1, -0.05) is 29.8 Å². The number of nitrogens with one attached hydrogen (secondary N) is 1. The molecule has 0 bridgehead atoms. The van der Waals surface area contributed by atoms with Crippen LogP contribution in [0.5, 0.6) is 0 Å². The van der Waals surface area contributed by atoms with E-state index in [-0.39, 0.29) is 0 Å². The fraction of sp³-hybridized carbons (Fsp3) is 0.412. The summed E-state index contributed by atoms with van der Waals surface area (Å²) in [5, 5.41) is 3.41. The predicted molar refractivity (Wildman–Crippen MR) is 86.7 cm³/mol. The molecule has 2 aromatic rings. The zero-order chi connectivity index (χ0) is 14.7. The molecule has 0 saturated carbocycles. The van der Waals surface area contributed by atoms with Crippen molar-refractivity contribution in [3.05, 3.63) is 47.2 Å². The molecule has 4 nitrogen and oxygen atoms in total. The van der Waals surface area contributed by atoms with E-state index >= 15 is 0 Å².